The smallest absolute Gasteiger partial charge is 0.257 e. The number of halogens is 1. The summed E-state index contributed by atoms with van der Waals surface area (Å²) in [6.07, 6.45) is 6.49. The van der Waals surface area contributed by atoms with Gasteiger partial charge in [-0.05, 0) is 36.2 Å². The van der Waals surface area contributed by atoms with Crippen molar-refractivity contribution >= 4 is 23.2 Å². The molecule has 0 spiro atoms. The van der Waals surface area contributed by atoms with Gasteiger partial charge in [0.25, 0.3) is 5.91 Å². The highest BCUT2D eigenvalue weighted by Gasteiger charge is 2.23. The number of hydrogen-bond acceptors (Lipinski definition) is 3. The van der Waals surface area contributed by atoms with Gasteiger partial charge in [0.2, 0.25) is 0 Å². The third-order valence-electron chi connectivity index (χ3n) is 4.94. The van der Waals surface area contributed by atoms with Crippen LogP contribution in [0.2, 0.25) is 5.02 Å². The molecule has 0 aliphatic carbocycles. The van der Waals surface area contributed by atoms with E-state index in [0.717, 1.165) is 49.8 Å². The Balaban J connectivity index is 1.34. The summed E-state index contributed by atoms with van der Waals surface area (Å²) < 4.78 is 1.88. The molecule has 0 saturated carbocycles. The van der Waals surface area contributed by atoms with Gasteiger partial charge in [0.15, 0.2) is 0 Å². The number of aromatic nitrogens is 2. The maximum absolute atomic E-state index is 12.9. The molecule has 1 aromatic carbocycles. The van der Waals surface area contributed by atoms with Crippen LogP contribution >= 0.6 is 11.6 Å². The number of imidazole rings is 1. The number of piperazine rings is 1. The molecular formula is C20H21ClN4O. The second-order valence-corrected chi connectivity index (χ2v) is 7.03. The van der Waals surface area contributed by atoms with Crippen LogP contribution < -0.4 is 0 Å². The molecule has 1 saturated heterocycles. The molecule has 1 aliphatic heterocycles. The van der Waals surface area contributed by atoms with Crippen LogP contribution in [0.1, 0.15) is 15.9 Å². The molecule has 1 amide bonds. The summed E-state index contributed by atoms with van der Waals surface area (Å²) in [5.41, 5.74) is 2.69. The van der Waals surface area contributed by atoms with Crippen molar-refractivity contribution in [2.24, 2.45) is 0 Å². The Morgan fingerprint density at radius 1 is 1.04 bits per heavy atom. The first-order valence-electron chi connectivity index (χ1n) is 8.88. The van der Waals surface area contributed by atoms with E-state index < -0.39 is 0 Å². The van der Waals surface area contributed by atoms with Gasteiger partial charge in [0.05, 0.1) is 5.56 Å². The van der Waals surface area contributed by atoms with Gasteiger partial charge in [-0.25, -0.2) is 4.98 Å². The highest BCUT2D eigenvalue weighted by molar-refractivity contribution is 6.30. The van der Waals surface area contributed by atoms with E-state index in [1.54, 1.807) is 6.20 Å². The van der Waals surface area contributed by atoms with Gasteiger partial charge in [0.1, 0.15) is 5.65 Å². The predicted molar refractivity (Wildman–Crippen MR) is 103 cm³/mol. The molecule has 0 N–H and O–H groups in total. The number of carbonyl (C=O) groups is 1. The van der Waals surface area contributed by atoms with E-state index in [2.05, 4.69) is 22.0 Å². The minimum absolute atomic E-state index is 0.0687. The van der Waals surface area contributed by atoms with Crippen molar-refractivity contribution in [3.8, 4) is 0 Å². The minimum atomic E-state index is 0.0687. The predicted octanol–water partition coefficient (Wildman–Crippen LogP) is 2.99. The lowest BCUT2D eigenvalue weighted by Gasteiger charge is -2.34. The van der Waals surface area contributed by atoms with E-state index in [9.17, 15) is 4.79 Å². The van der Waals surface area contributed by atoms with Gasteiger partial charge in [-0.1, -0.05) is 23.7 Å². The summed E-state index contributed by atoms with van der Waals surface area (Å²) in [7, 11) is 0. The molecule has 0 bridgehead atoms. The monoisotopic (exact) mass is 368 g/mol. The highest BCUT2D eigenvalue weighted by atomic mass is 35.5. The van der Waals surface area contributed by atoms with Crippen LogP contribution in [0, 0.1) is 0 Å². The van der Waals surface area contributed by atoms with Crippen molar-refractivity contribution in [3.63, 3.8) is 0 Å². The molecule has 134 valence electrons. The molecular weight excluding hydrogens is 348 g/mol. The minimum Gasteiger partial charge on any atom is -0.336 e. The van der Waals surface area contributed by atoms with E-state index in [4.69, 9.17) is 11.6 Å². The fraction of sp³-hybridized carbons (Fsp3) is 0.300. The lowest BCUT2D eigenvalue weighted by atomic mass is 10.1. The molecule has 2 aromatic heterocycles. The van der Waals surface area contributed by atoms with Gasteiger partial charge >= 0.3 is 0 Å². The van der Waals surface area contributed by atoms with Crippen molar-refractivity contribution in [2.75, 3.05) is 32.7 Å². The second-order valence-electron chi connectivity index (χ2n) is 6.59. The number of amides is 1. The van der Waals surface area contributed by atoms with Gasteiger partial charge in [0, 0.05) is 56.3 Å². The largest absolute Gasteiger partial charge is 0.336 e. The van der Waals surface area contributed by atoms with Crippen molar-refractivity contribution in [3.05, 3.63) is 71.1 Å². The fourth-order valence-corrected chi connectivity index (χ4v) is 3.52. The quantitative estimate of drug-likeness (QED) is 0.710. The molecule has 3 aromatic rings. The Labute approximate surface area is 157 Å². The van der Waals surface area contributed by atoms with Crippen molar-refractivity contribution < 1.29 is 4.79 Å². The van der Waals surface area contributed by atoms with Crippen LogP contribution in [0.15, 0.2) is 55.0 Å². The van der Waals surface area contributed by atoms with Crippen LogP contribution in [0.25, 0.3) is 5.65 Å². The van der Waals surface area contributed by atoms with E-state index in [1.165, 1.54) is 5.56 Å². The third kappa shape index (κ3) is 3.59. The molecule has 0 radical (unpaired) electrons. The average Bonchev–Trinajstić information content (AvgIpc) is 3.16. The number of benzene rings is 1. The van der Waals surface area contributed by atoms with Crippen molar-refractivity contribution in [1.29, 1.82) is 0 Å². The summed E-state index contributed by atoms with van der Waals surface area (Å²) in [5.74, 6) is 0.0687. The lowest BCUT2D eigenvalue weighted by Crippen LogP contribution is -2.49. The molecule has 1 aliphatic rings. The van der Waals surface area contributed by atoms with Gasteiger partial charge in [-0.15, -0.1) is 0 Å². The maximum atomic E-state index is 12.9. The first-order valence-corrected chi connectivity index (χ1v) is 9.26. The van der Waals surface area contributed by atoms with E-state index >= 15 is 0 Å². The number of fused-ring (bicyclic) bond motifs is 1. The Bertz CT molecular complexity index is 898. The van der Waals surface area contributed by atoms with Crippen LogP contribution in [0.4, 0.5) is 0 Å². The van der Waals surface area contributed by atoms with Gasteiger partial charge < -0.3 is 9.30 Å². The van der Waals surface area contributed by atoms with Gasteiger partial charge in [-0.3, -0.25) is 9.69 Å². The van der Waals surface area contributed by atoms with E-state index in [1.807, 2.05) is 46.0 Å². The van der Waals surface area contributed by atoms with E-state index in [0.29, 0.717) is 5.56 Å². The summed E-state index contributed by atoms with van der Waals surface area (Å²) in [5, 5.41) is 0.772. The molecule has 1 fully saturated rings. The maximum Gasteiger partial charge on any atom is 0.257 e. The highest BCUT2D eigenvalue weighted by Crippen LogP contribution is 2.15. The molecule has 5 nitrogen and oxygen atoms in total. The standard InChI is InChI=1S/C20H21ClN4O/c21-17-5-3-16(4-6-17)7-10-23-12-14-25(15-13-23)20(26)18-2-1-9-24-11-8-22-19(18)24/h1-6,8-9,11H,7,10,12-15H2. The zero-order valence-corrected chi connectivity index (χ0v) is 15.3. The summed E-state index contributed by atoms with van der Waals surface area (Å²) in [6.45, 7) is 4.30. The average molecular weight is 369 g/mol. The van der Waals surface area contributed by atoms with Crippen LogP contribution in [-0.2, 0) is 6.42 Å². The second kappa shape index (κ2) is 7.48. The summed E-state index contributed by atoms with van der Waals surface area (Å²) in [6, 6.07) is 11.8. The van der Waals surface area contributed by atoms with Crippen LogP contribution in [0.5, 0.6) is 0 Å². The molecule has 26 heavy (non-hydrogen) atoms. The zero-order valence-electron chi connectivity index (χ0n) is 14.5. The molecule has 0 atom stereocenters. The first-order chi connectivity index (χ1) is 12.7. The third-order valence-corrected chi connectivity index (χ3v) is 5.19. The Hall–Kier alpha value is -2.37. The number of hydrogen-bond donors (Lipinski definition) is 0. The SMILES string of the molecule is O=C(c1cccn2ccnc12)N1CCN(CCc2ccc(Cl)cc2)CC1. The number of nitrogens with zero attached hydrogens (tertiary/aromatic N) is 4. The lowest BCUT2D eigenvalue weighted by molar-refractivity contribution is 0.0640. The van der Waals surface area contributed by atoms with Crippen molar-refractivity contribution in [2.45, 2.75) is 6.42 Å². The zero-order chi connectivity index (χ0) is 17.9. The van der Waals surface area contributed by atoms with E-state index in [-0.39, 0.29) is 5.91 Å². The first kappa shape index (κ1) is 17.1. The molecule has 6 heteroatoms. The topological polar surface area (TPSA) is 40.9 Å². The van der Waals surface area contributed by atoms with Crippen molar-refractivity contribution in [1.82, 2.24) is 19.2 Å². The molecule has 3 heterocycles. The fourth-order valence-electron chi connectivity index (χ4n) is 3.40. The normalized spacial score (nSPS) is 15.5. The Kier molecular flexibility index (Phi) is 4.91. The Morgan fingerprint density at radius 3 is 2.58 bits per heavy atom. The number of carbonyl (C=O) groups excluding carboxylic acids is 1. The molecule has 0 unspecified atom stereocenters. The number of rotatable bonds is 4. The summed E-state index contributed by atoms with van der Waals surface area (Å²) in [4.78, 5) is 21.5. The van der Waals surface area contributed by atoms with Gasteiger partial charge in [-0.2, -0.15) is 0 Å². The molecule has 4 rings (SSSR count). The Morgan fingerprint density at radius 2 is 1.81 bits per heavy atom. The number of pyridine rings is 1. The summed E-state index contributed by atoms with van der Waals surface area (Å²) >= 11 is 5.93. The van der Waals surface area contributed by atoms with Crippen LogP contribution in [0.3, 0.4) is 0 Å². The van der Waals surface area contributed by atoms with Crippen LogP contribution in [-0.4, -0.2) is 57.8 Å².